The van der Waals surface area contributed by atoms with Gasteiger partial charge in [-0.2, -0.15) is 5.10 Å². The number of rotatable bonds is 6. The molecular weight excluding hydrogens is 326 g/mol. The number of carbonyl (C=O) groups excluding carboxylic acids is 1. The fourth-order valence-electron chi connectivity index (χ4n) is 3.66. The third-order valence-corrected chi connectivity index (χ3v) is 4.76. The zero-order valence-electron chi connectivity index (χ0n) is 16.0. The number of piperidine rings is 1. The fourth-order valence-corrected chi connectivity index (χ4v) is 3.66. The lowest BCUT2D eigenvalue weighted by Gasteiger charge is -2.31. The van der Waals surface area contributed by atoms with Gasteiger partial charge in [0.1, 0.15) is 5.82 Å². The number of nitrogens with two attached hydrogens (primary N) is 1. The van der Waals surface area contributed by atoms with E-state index in [0.717, 1.165) is 49.7 Å². The van der Waals surface area contributed by atoms with Crippen LogP contribution in [0.15, 0.2) is 24.3 Å². The molecule has 2 aromatic rings. The number of likely N-dealkylation sites (tertiary alicyclic amines) is 1. The number of aromatic nitrogens is 3. The van der Waals surface area contributed by atoms with Crippen LogP contribution in [0, 0.1) is 12.8 Å². The predicted molar refractivity (Wildman–Crippen MR) is 102 cm³/mol. The Bertz CT molecular complexity index is 767. The van der Waals surface area contributed by atoms with Crippen LogP contribution in [0.25, 0.3) is 5.69 Å². The standard InChI is InChI=1S/C20H29N5O/c1-14(2)10-19-22-20(16-7-5-9-24(12-16)13-18(21)26)25(23-19)17-8-4-6-15(3)11-17/h4,6,8,11,14,16H,5,7,9-10,12-13H2,1-3H3,(H2,21,26). The van der Waals surface area contributed by atoms with Crippen molar-refractivity contribution in [3.05, 3.63) is 41.5 Å². The summed E-state index contributed by atoms with van der Waals surface area (Å²) in [6.45, 7) is 8.48. The number of hydrogen-bond acceptors (Lipinski definition) is 4. The van der Waals surface area contributed by atoms with E-state index >= 15 is 0 Å². The lowest BCUT2D eigenvalue weighted by atomic mass is 9.97. The summed E-state index contributed by atoms with van der Waals surface area (Å²) in [5.74, 6) is 2.39. The Kier molecular flexibility index (Phi) is 5.71. The van der Waals surface area contributed by atoms with Gasteiger partial charge >= 0.3 is 0 Å². The van der Waals surface area contributed by atoms with Crippen molar-refractivity contribution in [2.24, 2.45) is 11.7 Å². The zero-order chi connectivity index (χ0) is 18.7. The molecule has 0 saturated carbocycles. The first-order valence-electron chi connectivity index (χ1n) is 9.46. The van der Waals surface area contributed by atoms with Crippen molar-refractivity contribution >= 4 is 5.91 Å². The lowest BCUT2D eigenvalue weighted by molar-refractivity contribution is -0.119. The average Bonchev–Trinajstić information content (AvgIpc) is 2.97. The van der Waals surface area contributed by atoms with Gasteiger partial charge in [-0.25, -0.2) is 9.67 Å². The zero-order valence-corrected chi connectivity index (χ0v) is 16.0. The van der Waals surface area contributed by atoms with Crippen LogP contribution in [0.3, 0.4) is 0 Å². The molecule has 1 unspecified atom stereocenters. The van der Waals surface area contributed by atoms with Crippen LogP contribution in [-0.4, -0.2) is 45.2 Å². The van der Waals surface area contributed by atoms with E-state index < -0.39 is 0 Å². The Labute approximate surface area is 155 Å². The second-order valence-corrected chi connectivity index (χ2v) is 7.78. The maximum Gasteiger partial charge on any atom is 0.231 e. The van der Waals surface area contributed by atoms with Gasteiger partial charge in [0.05, 0.1) is 12.2 Å². The molecule has 1 atom stereocenters. The van der Waals surface area contributed by atoms with Gasteiger partial charge in [0.2, 0.25) is 5.91 Å². The number of nitrogens with zero attached hydrogens (tertiary/aromatic N) is 4. The number of benzene rings is 1. The molecule has 0 aliphatic carbocycles. The monoisotopic (exact) mass is 355 g/mol. The minimum atomic E-state index is -0.272. The maximum absolute atomic E-state index is 11.3. The minimum Gasteiger partial charge on any atom is -0.369 e. The van der Waals surface area contributed by atoms with Crippen molar-refractivity contribution in [1.82, 2.24) is 19.7 Å². The Morgan fingerprint density at radius 3 is 2.88 bits per heavy atom. The highest BCUT2D eigenvalue weighted by molar-refractivity contribution is 5.75. The Balaban J connectivity index is 1.93. The predicted octanol–water partition coefficient (Wildman–Crippen LogP) is 2.44. The van der Waals surface area contributed by atoms with Gasteiger partial charge in [-0.1, -0.05) is 26.0 Å². The van der Waals surface area contributed by atoms with Crippen molar-refractivity contribution in [1.29, 1.82) is 0 Å². The van der Waals surface area contributed by atoms with Gasteiger partial charge in [0, 0.05) is 18.9 Å². The van der Waals surface area contributed by atoms with E-state index in [1.54, 1.807) is 0 Å². The van der Waals surface area contributed by atoms with Crippen LogP contribution in [0.1, 0.15) is 49.8 Å². The van der Waals surface area contributed by atoms with Crippen molar-refractivity contribution in [3.63, 3.8) is 0 Å². The van der Waals surface area contributed by atoms with E-state index in [2.05, 4.69) is 49.9 Å². The molecule has 1 aliphatic heterocycles. The van der Waals surface area contributed by atoms with Gasteiger partial charge in [0.15, 0.2) is 5.82 Å². The largest absolute Gasteiger partial charge is 0.369 e. The summed E-state index contributed by atoms with van der Waals surface area (Å²) in [7, 11) is 0. The van der Waals surface area contributed by atoms with Crippen molar-refractivity contribution in [3.8, 4) is 5.69 Å². The third kappa shape index (κ3) is 4.49. The second kappa shape index (κ2) is 7.99. The van der Waals surface area contributed by atoms with E-state index in [-0.39, 0.29) is 11.8 Å². The van der Waals surface area contributed by atoms with Gasteiger partial charge < -0.3 is 5.73 Å². The molecule has 26 heavy (non-hydrogen) atoms. The molecular formula is C20H29N5O. The summed E-state index contributed by atoms with van der Waals surface area (Å²) in [4.78, 5) is 18.3. The lowest BCUT2D eigenvalue weighted by Crippen LogP contribution is -2.40. The van der Waals surface area contributed by atoms with Crippen LogP contribution < -0.4 is 5.73 Å². The Morgan fingerprint density at radius 1 is 1.38 bits per heavy atom. The molecule has 6 heteroatoms. The highest BCUT2D eigenvalue weighted by Gasteiger charge is 2.27. The molecule has 1 aromatic carbocycles. The normalized spacial score (nSPS) is 18.4. The molecule has 2 N–H and O–H groups in total. The maximum atomic E-state index is 11.3. The van der Waals surface area contributed by atoms with Gasteiger partial charge in [-0.3, -0.25) is 9.69 Å². The molecule has 1 aliphatic rings. The summed E-state index contributed by atoms with van der Waals surface area (Å²) in [6.07, 6.45) is 2.96. The first-order chi connectivity index (χ1) is 12.4. The quantitative estimate of drug-likeness (QED) is 0.863. The molecule has 1 aromatic heterocycles. The molecule has 1 amide bonds. The summed E-state index contributed by atoms with van der Waals surface area (Å²) in [5, 5.41) is 4.82. The SMILES string of the molecule is Cc1cccc(-n2nc(CC(C)C)nc2C2CCCN(CC(N)=O)C2)c1. The van der Waals surface area contributed by atoms with Crippen LogP contribution in [0.2, 0.25) is 0 Å². The highest BCUT2D eigenvalue weighted by Crippen LogP contribution is 2.28. The number of amides is 1. The molecule has 1 saturated heterocycles. The number of aryl methyl sites for hydroxylation is 1. The fraction of sp³-hybridized carbons (Fsp3) is 0.550. The second-order valence-electron chi connectivity index (χ2n) is 7.78. The average molecular weight is 355 g/mol. The summed E-state index contributed by atoms with van der Waals surface area (Å²) < 4.78 is 2.00. The Hall–Kier alpha value is -2.21. The molecule has 0 radical (unpaired) electrons. The molecule has 0 bridgehead atoms. The smallest absolute Gasteiger partial charge is 0.231 e. The third-order valence-electron chi connectivity index (χ3n) is 4.76. The molecule has 1 fully saturated rings. The first kappa shape index (κ1) is 18.6. The van der Waals surface area contributed by atoms with Crippen molar-refractivity contribution in [2.75, 3.05) is 19.6 Å². The number of primary amides is 1. The molecule has 6 nitrogen and oxygen atoms in total. The molecule has 2 heterocycles. The van der Waals surface area contributed by atoms with Crippen LogP contribution in [-0.2, 0) is 11.2 Å². The number of carbonyl (C=O) groups is 1. The van der Waals surface area contributed by atoms with Crippen LogP contribution in [0.5, 0.6) is 0 Å². The summed E-state index contributed by atoms with van der Waals surface area (Å²) in [6, 6.07) is 8.36. The van der Waals surface area contributed by atoms with E-state index in [4.69, 9.17) is 15.8 Å². The molecule has 0 spiro atoms. The summed E-state index contributed by atoms with van der Waals surface area (Å²) >= 11 is 0. The van der Waals surface area contributed by atoms with Crippen molar-refractivity contribution in [2.45, 2.75) is 46.0 Å². The van der Waals surface area contributed by atoms with E-state index in [1.807, 2.05) is 4.68 Å². The number of hydrogen-bond donors (Lipinski definition) is 1. The van der Waals surface area contributed by atoms with E-state index in [1.165, 1.54) is 5.56 Å². The van der Waals surface area contributed by atoms with Gasteiger partial charge in [-0.15, -0.1) is 0 Å². The highest BCUT2D eigenvalue weighted by atomic mass is 16.1. The topological polar surface area (TPSA) is 77.0 Å². The van der Waals surface area contributed by atoms with E-state index in [9.17, 15) is 4.79 Å². The van der Waals surface area contributed by atoms with Gasteiger partial charge in [0.25, 0.3) is 0 Å². The Morgan fingerprint density at radius 2 is 2.19 bits per heavy atom. The van der Waals surface area contributed by atoms with E-state index in [0.29, 0.717) is 12.5 Å². The first-order valence-corrected chi connectivity index (χ1v) is 9.46. The van der Waals surface area contributed by atoms with Crippen LogP contribution >= 0.6 is 0 Å². The molecule has 3 rings (SSSR count). The summed E-state index contributed by atoms with van der Waals surface area (Å²) in [5.41, 5.74) is 7.64. The minimum absolute atomic E-state index is 0.261. The molecule has 140 valence electrons. The van der Waals surface area contributed by atoms with Crippen LogP contribution in [0.4, 0.5) is 0 Å². The van der Waals surface area contributed by atoms with Gasteiger partial charge in [-0.05, 0) is 49.9 Å². The van der Waals surface area contributed by atoms with Crippen molar-refractivity contribution < 1.29 is 4.79 Å².